The van der Waals surface area contributed by atoms with Crippen molar-refractivity contribution >= 4 is 11.8 Å². The predicted octanol–water partition coefficient (Wildman–Crippen LogP) is 4.93. The van der Waals surface area contributed by atoms with Crippen LogP contribution in [0.5, 0.6) is 0 Å². The quantitative estimate of drug-likeness (QED) is 0.349. The molecule has 8 heteroatoms. The Morgan fingerprint density at radius 2 is 1.77 bits per heavy atom. The Morgan fingerprint density at radius 3 is 2.57 bits per heavy atom. The maximum atomic E-state index is 5.39. The van der Waals surface area contributed by atoms with Gasteiger partial charge < -0.3 is 8.94 Å². The Kier molecular flexibility index (Phi) is 5.14. The summed E-state index contributed by atoms with van der Waals surface area (Å²) in [6, 6.07) is 19.7. The van der Waals surface area contributed by atoms with Crippen LogP contribution in [0.4, 0.5) is 0 Å². The summed E-state index contributed by atoms with van der Waals surface area (Å²) < 4.78 is 12.9. The SMILES string of the molecule is c1ccc(Cn2c(SCc3cc(-c4ccco4)on3)nnc2-c2ccncc2)cc1. The molecule has 7 nitrogen and oxygen atoms in total. The van der Waals surface area contributed by atoms with Crippen molar-refractivity contribution in [1.29, 1.82) is 0 Å². The van der Waals surface area contributed by atoms with Crippen molar-refractivity contribution in [3.8, 4) is 22.9 Å². The molecule has 0 unspecified atom stereocenters. The van der Waals surface area contributed by atoms with Gasteiger partial charge in [-0.05, 0) is 29.8 Å². The fourth-order valence-electron chi connectivity index (χ4n) is 3.07. The van der Waals surface area contributed by atoms with Gasteiger partial charge in [0.15, 0.2) is 16.7 Å². The monoisotopic (exact) mass is 415 g/mol. The highest BCUT2D eigenvalue weighted by atomic mass is 32.2. The van der Waals surface area contributed by atoms with Crippen LogP contribution >= 0.6 is 11.8 Å². The second kappa shape index (κ2) is 8.38. The van der Waals surface area contributed by atoms with Crippen molar-refractivity contribution in [3.05, 3.63) is 90.6 Å². The average molecular weight is 415 g/mol. The fraction of sp³-hybridized carbons (Fsp3) is 0.0909. The zero-order valence-electron chi connectivity index (χ0n) is 15.9. The summed E-state index contributed by atoms with van der Waals surface area (Å²) in [6.45, 7) is 0.671. The third-order valence-electron chi connectivity index (χ3n) is 4.51. The molecule has 1 aromatic carbocycles. The number of thioether (sulfide) groups is 1. The van der Waals surface area contributed by atoms with Gasteiger partial charge in [-0.2, -0.15) is 0 Å². The minimum Gasteiger partial charge on any atom is -0.461 e. The van der Waals surface area contributed by atoms with Crippen LogP contribution in [0.3, 0.4) is 0 Å². The van der Waals surface area contributed by atoms with E-state index in [1.807, 2.05) is 48.5 Å². The van der Waals surface area contributed by atoms with Crippen molar-refractivity contribution in [2.24, 2.45) is 0 Å². The Bertz CT molecular complexity index is 1220. The highest BCUT2D eigenvalue weighted by Gasteiger charge is 2.16. The summed E-state index contributed by atoms with van der Waals surface area (Å²) in [7, 11) is 0. The zero-order chi connectivity index (χ0) is 20.2. The number of rotatable bonds is 7. The van der Waals surface area contributed by atoms with Crippen molar-refractivity contribution in [1.82, 2.24) is 24.9 Å². The number of furan rings is 1. The third-order valence-corrected chi connectivity index (χ3v) is 5.51. The third kappa shape index (κ3) is 3.90. The molecule has 5 rings (SSSR count). The van der Waals surface area contributed by atoms with Gasteiger partial charge in [0.1, 0.15) is 0 Å². The van der Waals surface area contributed by atoms with E-state index in [-0.39, 0.29) is 0 Å². The molecule has 0 fully saturated rings. The van der Waals surface area contributed by atoms with Crippen LogP contribution < -0.4 is 0 Å². The first-order chi connectivity index (χ1) is 14.9. The van der Waals surface area contributed by atoms with E-state index >= 15 is 0 Å². The van der Waals surface area contributed by atoms with Crippen LogP contribution in [0.25, 0.3) is 22.9 Å². The molecule has 4 heterocycles. The first kappa shape index (κ1) is 18.4. The van der Waals surface area contributed by atoms with Crippen LogP contribution in [0.2, 0.25) is 0 Å². The van der Waals surface area contributed by atoms with Gasteiger partial charge in [-0.15, -0.1) is 10.2 Å². The molecule has 0 amide bonds. The van der Waals surface area contributed by atoms with Crippen molar-refractivity contribution in [2.45, 2.75) is 17.5 Å². The van der Waals surface area contributed by atoms with Gasteiger partial charge >= 0.3 is 0 Å². The molecule has 0 saturated heterocycles. The van der Waals surface area contributed by atoms with E-state index in [0.29, 0.717) is 23.8 Å². The summed E-state index contributed by atoms with van der Waals surface area (Å²) in [5.74, 6) is 2.68. The van der Waals surface area contributed by atoms with Crippen LogP contribution in [0, 0.1) is 0 Å². The highest BCUT2D eigenvalue weighted by Crippen LogP contribution is 2.28. The number of nitrogens with zero attached hydrogens (tertiary/aromatic N) is 5. The molecule has 0 radical (unpaired) electrons. The molecule has 4 aromatic heterocycles. The normalized spacial score (nSPS) is 11.1. The largest absolute Gasteiger partial charge is 0.461 e. The van der Waals surface area contributed by atoms with E-state index in [1.54, 1.807) is 30.4 Å². The van der Waals surface area contributed by atoms with Crippen LogP contribution in [-0.2, 0) is 12.3 Å². The Morgan fingerprint density at radius 1 is 0.900 bits per heavy atom. The first-order valence-electron chi connectivity index (χ1n) is 9.36. The lowest BCUT2D eigenvalue weighted by Crippen LogP contribution is -2.04. The maximum Gasteiger partial charge on any atom is 0.202 e. The Balaban J connectivity index is 1.41. The number of benzene rings is 1. The Labute approximate surface area is 176 Å². The smallest absolute Gasteiger partial charge is 0.202 e. The second-order valence-electron chi connectivity index (χ2n) is 6.56. The first-order valence-corrected chi connectivity index (χ1v) is 10.4. The molecule has 0 aliphatic heterocycles. The van der Waals surface area contributed by atoms with Crippen molar-refractivity contribution < 1.29 is 8.94 Å². The molecule has 30 heavy (non-hydrogen) atoms. The maximum absolute atomic E-state index is 5.39. The molecule has 0 spiro atoms. The van der Waals surface area contributed by atoms with E-state index in [0.717, 1.165) is 22.2 Å². The minimum absolute atomic E-state index is 0.605. The van der Waals surface area contributed by atoms with Gasteiger partial charge in [0.2, 0.25) is 5.76 Å². The van der Waals surface area contributed by atoms with Gasteiger partial charge in [-0.3, -0.25) is 9.55 Å². The number of aromatic nitrogens is 5. The zero-order valence-corrected chi connectivity index (χ0v) is 16.7. The van der Waals surface area contributed by atoms with E-state index in [2.05, 4.69) is 37.0 Å². The van der Waals surface area contributed by atoms with Gasteiger partial charge in [-0.25, -0.2) is 0 Å². The molecule has 5 aromatic rings. The van der Waals surface area contributed by atoms with Gasteiger partial charge in [0, 0.05) is 29.8 Å². The molecular formula is C22H17N5O2S. The molecule has 0 atom stereocenters. The second-order valence-corrected chi connectivity index (χ2v) is 7.50. The topological polar surface area (TPSA) is 82.8 Å². The lowest BCUT2D eigenvalue weighted by Gasteiger charge is -2.10. The van der Waals surface area contributed by atoms with Crippen molar-refractivity contribution in [2.75, 3.05) is 0 Å². The molecule has 0 aliphatic rings. The molecule has 148 valence electrons. The predicted molar refractivity (Wildman–Crippen MR) is 113 cm³/mol. The summed E-state index contributed by atoms with van der Waals surface area (Å²) in [6.07, 6.45) is 5.13. The van der Waals surface area contributed by atoms with Gasteiger partial charge in [-0.1, -0.05) is 47.3 Å². The van der Waals surface area contributed by atoms with Gasteiger partial charge in [0.25, 0.3) is 0 Å². The molecule has 0 saturated carbocycles. The van der Waals surface area contributed by atoms with E-state index in [4.69, 9.17) is 8.94 Å². The highest BCUT2D eigenvalue weighted by molar-refractivity contribution is 7.98. The van der Waals surface area contributed by atoms with E-state index < -0.39 is 0 Å². The van der Waals surface area contributed by atoms with Crippen LogP contribution in [0.1, 0.15) is 11.3 Å². The standard InChI is InChI=1S/C22H17N5O2S/c1-2-5-16(6-3-1)14-27-21(17-8-10-23-11-9-17)24-25-22(27)30-15-18-13-20(29-26-18)19-7-4-12-28-19/h1-13H,14-15H2. The van der Waals surface area contributed by atoms with E-state index in [1.165, 1.54) is 5.56 Å². The lowest BCUT2D eigenvalue weighted by molar-refractivity contribution is 0.413. The van der Waals surface area contributed by atoms with Crippen LogP contribution in [0.15, 0.2) is 93.4 Å². The molecular weight excluding hydrogens is 398 g/mol. The average Bonchev–Trinajstić information content (AvgIpc) is 3.55. The van der Waals surface area contributed by atoms with E-state index in [9.17, 15) is 0 Å². The van der Waals surface area contributed by atoms with Crippen molar-refractivity contribution in [3.63, 3.8) is 0 Å². The lowest BCUT2D eigenvalue weighted by atomic mass is 10.2. The summed E-state index contributed by atoms with van der Waals surface area (Å²) in [4.78, 5) is 4.10. The summed E-state index contributed by atoms with van der Waals surface area (Å²) in [5, 5.41) is 13.8. The number of hydrogen-bond donors (Lipinski definition) is 0. The fourth-order valence-corrected chi connectivity index (χ4v) is 3.89. The van der Waals surface area contributed by atoms with Crippen LogP contribution in [-0.4, -0.2) is 24.9 Å². The molecule has 0 aliphatic carbocycles. The summed E-state index contributed by atoms with van der Waals surface area (Å²) in [5.41, 5.74) is 2.96. The summed E-state index contributed by atoms with van der Waals surface area (Å²) >= 11 is 1.57. The number of hydrogen-bond acceptors (Lipinski definition) is 7. The molecule has 0 N–H and O–H groups in total. The van der Waals surface area contributed by atoms with Gasteiger partial charge in [0.05, 0.1) is 18.5 Å². The molecule has 0 bridgehead atoms. The minimum atomic E-state index is 0.605. The number of pyridine rings is 1. The Hall–Kier alpha value is -3.65.